The smallest absolute Gasteiger partial charge is 0.407 e. The molecule has 1 aliphatic heterocycles. The monoisotopic (exact) mass is 513 g/mol. The van der Waals surface area contributed by atoms with Gasteiger partial charge < -0.3 is 10.1 Å². The van der Waals surface area contributed by atoms with Crippen molar-refractivity contribution in [1.82, 2.24) is 15.0 Å². The third-order valence-corrected chi connectivity index (χ3v) is 9.34. The van der Waals surface area contributed by atoms with E-state index in [1.54, 1.807) is 19.2 Å². The molecule has 0 radical (unpaired) electrons. The van der Waals surface area contributed by atoms with Crippen molar-refractivity contribution in [2.24, 2.45) is 23.7 Å². The lowest BCUT2D eigenvalue weighted by atomic mass is 9.60. The summed E-state index contributed by atoms with van der Waals surface area (Å²) < 4.78 is 46.5. The molecule has 1 aromatic carbocycles. The number of aromatic nitrogens is 1. The van der Waals surface area contributed by atoms with Gasteiger partial charge in [0, 0.05) is 23.8 Å². The van der Waals surface area contributed by atoms with Gasteiger partial charge in [0.15, 0.2) is 0 Å². The van der Waals surface area contributed by atoms with Crippen LogP contribution in [0.1, 0.15) is 38.3 Å². The molecule has 5 rings (SSSR count). The lowest BCUT2D eigenvalue weighted by molar-refractivity contribution is 0.0628. The Kier molecular flexibility index (Phi) is 7.12. The summed E-state index contributed by atoms with van der Waals surface area (Å²) in [7, 11) is -3.29. The number of hydrogen-bond donors (Lipinski definition) is 2. The Labute approximate surface area is 211 Å². The van der Waals surface area contributed by atoms with E-state index in [4.69, 9.17) is 4.74 Å². The summed E-state index contributed by atoms with van der Waals surface area (Å²) in [6, 6.07) is 10.2. The van der Waals surface area contributed by atoms with Gasteiger partial charge in [-0.3, -0.25) is 4.98 Å². The van der Waals surface area contributed by atoms with E-state index in [-0.39, 0.29) is 41.6 Å². The third kappa shape index (κ3) is 5.47. The number of amides is 1. The van der Waals surface area contributed by atoms with E-state index in [0.717, 1.165) is 42.5 Å². The van der Waals surface area contributed by atoms with E-state index in [0.29, 0.717) is 18.4 Å². The lowest BCUT2D eigenvalue weighted by Gasteiger charge is -2.47. The second-order valence-electron chi connectivity index (χ2n) is 10.1. The van der Waals surface area contributed by atoms with Crippen LogP contribution in [0.5, 0.6) is 0 Å². The van der Waals surface area contributed by atoms with Crippen LogP contribution in [0.2, 0.25) is 0 Å². The number of fused-ring (bicyclic) bond motifs is 2. The highest BCUT2D eigenvalue weighted by Crippen LogP contribution is 2.49. The van der Waals surface area contributed by atoms with E-state index in [1.165, 1.54) is 12.1 Å². The SMILES string of the molecule is CCOC(=O)N[C@@H]1CC[C@@H]2[C@@H](C1)C[C@H]1CS(=O)(=O)N[C@H]1[C@H]2C=Cc1ccc(-c2cccc(F)c2)cn1. The van der Waals surface area contributed by atoms with Gasteiger partial charge >= 0.3 is 6.09 Å². The number of halogens is 1. The van der Waals surface area contributed by atoms with Gasteiger partial charge in [-0.25, -0.2) is 22.3 Å². The Morgan fingerprint density at radius 2 is 2.06 bits per heavy atom. The predicted molar refractivity (Wildman–Crippen MR) is 136 cm³/mol. The Balaban J connectivity index is 1.33. The van der Waals surface area contributed by atoms with Crippen molar-refractivity contribution in [3.63, 3.8) is 0 Å². The summed E-state index contributed by atoms with van der Waals surface area (Å²) in [6.45, 7) is 2.12. The van der Waals surface area contributed by atoms with Crippen LogP contribution in [-0.4, -0.2) is 43.9 Å². The summed E-state index contributed by atoms with van der Waals surface area (Å²) in [5.74, 6) is 0.635. The van der Waals surface area contributed by atoms with Crippen LogP contribution in [-0.2, 0) is 14.8 Å². The van der Waals surface area contributed by atoms with Crippen LogP contribution in [0.3, 0.4) is 0 Å². The second kappa shape index (κ2) is 10.3. The fourth-order valence-electron chi connectivity index (χ4n) is 6.35. The van der Waals surface area contributed by atoms with E-state index < -0.39 is 10.0 Å². The molecule has 36 heavy (non-hydrogen) atoms. The van der Waals surface area contributed by atoms with Gasteiger partial charge in [0.25, 0.3) is 0 Å². The average molecular weight is 514 g/mol. The van der Waals surface area contributed by atoms with Crippen molar-refractivity contribution in [1.29, 1.82) is 0 Å². The van der Waals surface area contributed by atoms with Crippen molar-refractivity contribution in [3.05, 3.63) is 60.2 Å². The van der Waals surface area contributed by atoms with Crippen molar-refractivity contribution in [2.45, 2.75) is 44.7 Å². The number of sulfonamides is 1. The van der Waals surface area contributed by atoms with Gasteiger partial charge in [0.2, 0.25) is 10.0 Å². The number of pyridine rings is 1. The quantitative estimate of drug-likeness (QED) is 0.619. The maximum absolute atomic E-state index is 13.6. The number of alkyl carbamates (subject to hydrolysis) is 1. The number of nitrogens with zero attached hydrogens (tertiary/aromatic N) is 1. The minimum atomic E-state index is -3.29. The Morgan fingerprint density at radius 1 is 1.19 bits per heavy atom. The van der Waals surface area contributed by atoms with Gasteiger partial charge in [-0.15, -0.1) is 0 Å². The zero-order chi connectivity index (χ0) is 25.3. The lowest BCUT2D eigenvalue weighted by Crippen LogP contribution is -2.51. The maximum atomic E-state index is 13.6. The van der Waals surface area contributed by atoms with E-state index >= 15 is 0 Å². The molecule has 2 aliphatic carbocycles. The molecule has 0 spiro atoms. The molecule has 1 saturated heterocycles. The molecule has 9 heteroatoms. The van der Waals surface area contributed by atoms with Crippen molar-refractivity contribution in [3.8, 4) is 11.1 Å². The Hall–Kier alpha value is -2.78. The molecule has 1 amide bonds. The zero-order valence-electron chi connectivity index (χ0n) is 20.3. The fraction of sp³-hybridized carbons (Fsp3) is 0.481. The van der Waals surface area contributed by atoms with Gasteiger partial charge in [0.05, 0.1) is 18.1 Å². The summed E-state index contributed by atoms with van der Waals surface area (Å²) in [4.78, 5) is 16.5. The Bertz CT molecular complexity index is 1230. The predicted octanol–water partition coefficient (Wildman–Crippen LogP) is 4.37. The molecular weight excluding hydrogens is 481 g/mol. The van der Waals surface area contributed by atoms with Crippen molar-refractivity contribution >= 4 is 22.2 Å². The van der Waals surface area contributed by atoms with Gasteiger partial charge in [-0.05, 0) is 86.1 Å². The highest BCUT2D eigenvalue weighted by Gasteiger charge is 2.51. The van der Waals surface area contributed by atoms with Crippen LogP contribution in [0.15, 0.2) is 48.7 Å². The van der Waals surface area contributed by atoms with Gasteiger partial charge in [-0.2, -0.15) is 0 Å². The highest BCUT2D eigenvalue weighted by molar-refractivity contribution is 7.89. The average Bonchev–Trinajstić information content (AvgIpc) is 3.15. The van der Waals surface area contributed by atoms with Crippen LogP contribution in [0, 0.1) is 29.5 Å². The minimum Gasteiger partial charge on any atom is -0.450 e. The molecule has 7 nitrogen and oxygen atoms in total. The standard InChI is InChI=1S/C27H32FN3O4S/c1-2-35-27(32)30-23-9-10-24-19(14-23)12-20-16-36(33,34)31-26(20)25(24)11-8-22-7-6-18(15-29-22)17-4-3-5-21(28)13-17/h3-8,11,13,15,19-20,23-26,31H,2,9-10,12,14,16H2,1H3,(H,30,32)/t19-,20+,23-,24-,25+,26-/m1/s1. The molecule has 2 N–H and O–H groups in total. The number of benzene rings is 1. The molecule has 3 aliphatic rings. The second-order valence-corrected chi connectivity index (χ2v) is 11.9. The van der Waals surface area contributed by atoms with E-state index in [9.17, 15) is 17.6 Å². The first-order chi connectivity index (χ1) is 17.3. The van der Waals surface area contributed by atoms with Gasteiger partial charge in [0.1, 0.15) is 5.82 Å². The number of rotatable bonds is 5. The molecule has 2 heterocycles. The number of nitrogens with one attached hydrogen (secondary N) is 2. The van der Waals surface area contributed by atoms with Crippen molar-refractivity contribution < 1.29 is 22.3 Å². The first kappa shape index (κ1) is 24.9. The molecule has 3 fully saturated rings. The van der Waals surface area contributed by atoms with Crippen LogP contribution in [0.25, 0.3) is 17.2 Å². The summed E-state index contributed by atoms with van der Waals surface area (Å²) in [5, 5.41) is 2.98. The van der Waals surface area contributed by atoms with Crippen molar-refractivity contribution in [2.75, 3.05) is 12.4 Å². The molecule has 0 bridgehead atoms. The molecule has 0 unspecified atom stereocenters. The molecule has 6 atom stereocenters. The maximum Gasteiger partial charge on any atom is 0.407 e. The van der Waals surface area contributed by atoms with Crippen LogP contribution >= 0.6 is 0 Å². The first-order valence-corrected chi connectivity index (χ1v) is 14.3. The molecule has 1 aromatic heterocycles. The first-order valence-electron chi connectivity index (χ1n) is 12.6. The normalized spacial score (nSPS) is 30.9. The molecule has 192 valence electrons. The molecule has 2 aromatic rings. The van der Waals surface area contributed by atoms with Gasteiger partial charge in [-0.1, -0.05) is 24.3 Å². The van der Waals surface area contributed by atoms with Crippen LogP contribution in [0.4, 0.5) is 9.18 Å². The fourth-order valence-corrected chi connectivity index (χ4v) is 8.12. The number of carbonyl (C=O) groups is 1. The number of carbonyl (C=O) groups excluding carboxylic acids is 1. The number of hydrogen-bond acceptors (Lipinski definition) is 5. The minimum absolute atomic E-state index is 0.0504. The number of ether oxygens (including phenoxy) is 1. The summed E-state index contributed by atoms with van der Waals surface area (Å²) in [6.07, 6.45) is 8.85. The molecule has 2 saturated carbocycles. The summed E-state index contributed by atoms with van der Waals surface area (Å²) in [5.41, 5.74) is 2.37. The molecular formula is C27H32FN3O4S. The van der Waals surface area contributed by atoms with E-state index in [2.05, 4.69) is 21.1 Å². The topological polar surface area (TPSA) is 97.4 Å². The third-order valence-electron chi connectivity index (χ3n) is 7.84. The highest BCUT2D eigenvalue weighted by atomic mass is 32.2. The largest absolute Gasteiger partial charge is 0.450 e. The Morgan fingerprint density at radius 3 is 2.81 bits per heavy atom. The zero-order valence-corrected chi connectivity index (χ0v) is 21.1. The van der Waals surface area contributed by atoms with Crippen LogP contribution < -0.4 is 10.0 Å². The van der Waals surface area contributed by atoms with E-state index in [1.807, 2.05) is 24.3 Å². The summed E-state index contributed by atoms with van der Waals surface area (Å²) >= 11 is 0.